The van der Waals surface area contributed by atoms with E-state index in [9.17, 15) is 24.0 Å². The minimum atomic E-state index is -1.22. The normalized spacial score (nSPS) is 18.3. The Morgan fingerprint density at radius 2 is 1.81 bits per heavy atom. The van der Waals surface area contributed by atoms with Crippen LogP contribution in [0.15, 0.2) is 30.3 Å². The van der Waals surface area contributed by atoms with Crippen molar-refractivity contribution in [3.63, 3.8) is 0 Å². The second kappa shape index (κ2) is 11.2. The largest absolute Gasteiger partial charge is 0.480 e. The molecule has 1 aromatic carbocycles. The van der Waals surface area contributed by atoms with Crippen molar-refractivity contribution in [1.29, 1.82) is 0 Å². The highest BCUT2D eigenvalue weighted by atomic mass is 16.4. The predicted octanol–water partition coefficient (Wildman–Crippen LogP) is -1.50. The lowest BCUT2D eigenvalue weighted by Gasteiger charge is -2.29. The van der Waals surface area contributed by atoms with E-state index in [2.05, 4.69) is 10.6 Å². The van der Waals surface area contributed by atoms with E-state index in [1.807, 2.05) is 6.07 Å². The number of nitrogens with two attached hydrogens (primary N) is 2. The summed E-state index contributed by atoms with van der Waals surface area (Å²) in [6.07, 6.45) is 0.695. The monoisotopic (exact) mass is 447 g/mol. The first-order chi connectivity index (χ1) is 15.1. The molecule has 0 spiro atoms. The summed E-state index contributed by atoms with van der Waals surface area (Å²) in [6, 6.07) is 4.77. The van der Waals surface area contributed by atoms with Crippen molar-refractivity contribution in [2.45, 2.75) is 56.8 Å². The van der Waals surface area contributed by atoms with Gasteiger partial charge in [-0.1, -0.05) is 30.3 Å². The number of nitrogens with zero attached hydrogens (tertiary/aromatic N) is 1. The lowest BCUT2D eigenvalue weighted by Crippen LogP contribution is -2.57. The Morgan fingerprint density at radius 3 is 2.41 bits per heavy atom. The van der Waals surface area contributed by atoms with Gasteiger partial charge in [0, 0.05) is 13.0 Å². The summed E-state index contributed by atoms with van der Waals surface area (Å²) in [5, 5.41) is 14.0. The van der Waals surface area contributed by atoms with Gasteiger partial charge < -0.3 is 32.1 Å². The number of benzene rings is 1. The fourth-order valence-electron chi connectivity index (χ4n) is 3.51. The van der Waals surface area contributed by atoms with E-state index in [-0.39, 0.29) is 19.4 Å². The number of likely N-dealkylation sites (tertiary alicyclic amines) is 1. The molecule has 4 unspecified atom stereocenters. The van der Waals surface area contributed by atoms with Crippen molar-refractivity contribution in [3.05, 3.63) is 35.9 Å². The van der Waals surface area contributed by atoms with E-state index in [1.54, 1.807) is 24.3 Å². The molecule has 11 heteroatoms. The summed E-state index contributed by atoms with van der Waals surface area (Å²) in [4.78, 5) is 61.9. The van der Waals surface area contributed by atoms with Crippen LogP contribution in [0.2, 0.25) is 0 Å². The highest BCUT2D eigenvalue weighted by Crippen LogP contribution is 2.20. The van der Waals surface area contributed by atoms with Crippen molar-refractivity contribution >= 4 is 29.6 Å². The maximum atomic E-state index is 13.3. The first-order valence-electron chi connectivity index (χ1n) is 10.3. The maximum absolute atomic E-state index is 13.3. The molecule has 0 bridgehead atoms. The summed E-state index contributed by atoms with van der Waals surface area (Å²) in [6.45, 7) is 1.62. The zero-order valence-corrected chi connectivity index (χ0v) is 17.8. The van der Waals surface area contributed by atoms with Crippen LogP contribution in [-0.2, 0) is 30.4 Å². The van der Waals surface area contributed by atoms with Crippen LogP contribution in [0.1, 0.15) is 31.7 Å². The second-order valence-corrected chi connectivity index (χ2v) is 7.79. The predicted molar refractivity (Wildman–Crippen MR) is 114 cm³/mol. The van der Waals surface area contributed by atoms with Crippen LogP contribution in [0.3, 0.4) is 0 Å². The first-order valence-corrected chi connectivity index (χ1v) is 10.3. The van der Waals surface area contributed by atoms with E-state index in [0.717, 1.165) is 5.56 Å². The van der Waals surface area contributed by atoms with Gasteiger partial charge in [0.05, 0.1) is 12.5 Å². The fourth-order valence-corrected chi connectivity index (χ4v) is 3.51. The van der Waals surface area contributed by atoms with Crippen LogP contribution in [-0.4, -0.2) is 70.3 Å². The van der Waals surface area contributed by atoms with Gasteiger partial charge in [0.15, 0.2) is 0 Å². The van der Waals surface area contributed by atoms with E-state index >= 15 is 0 Å². The fraction of sp³-hybridized carbons (Fsp3) is 0.476. The topological polar surface area (TPSA) is 185 Å². The Balaban J connectivity index is 2.20. The van der Waals surface area contributed by atoms with Crippen molar-refractivity contribution in [2.24, 2.45) is 11.5 Å². The highest BCUT2D eigenvalue weighted by molar-refractivity contribution is 5.95. The zero-order valence-electron chi connectivity index (χ0n) is 17.8. The Bertz CT molecular complexity index is 861. The molecule has 1 heterocycles. The Morgan fingerprint density at radius 1 is 1.16 bits per heavy atom. The average molecular weight is 447 g/mol. The van der Waals surface area contributed by atoms with Gasteiger partial charge in [-0.25, -0.2) is 0 Å². The molecule has 174 valence electrons. The molecule has 0 radical (unpaired) electrons. The van der Waals surface area contributed by atoms with Gasteiger partial charge in [-0.2, -0.15) is 0 Å². The van der Waals surface area contributed by atoms with Gasteiger partial charge in [-0.3, -0.25) is 24.0 Å². The van der Waals surface area contributed by atoms with Gasteiger partial charge in [0.1, 0.15) is 18.1 Å². The SMILES string of the molecule is CC(NC(=O)C1CCCN1C(=O)C(Cc1ccccc1)NC(=O)C(N)CC(N)=O)C(=O)O. The molecule has 0 saturated carbocycles. The molecule has 1 aliphatic rings. The van der Waals surface area contributed by atoms with Crippen LogP contribution in [0, 0.1) is 0 Å². The third-order valence-electron chi connectivity index (χ3n) is 5.22. The molecule has 2 rings (SSSR count). The van der Waals surface area contributed by atoms with Crippen molar-refractivity contribution in [1.82, 2.24) is 15.5 Å². The standard InChI is InChI=1S/C21H29N5O6/c1-12(21(31)32)24-19(29)16-8-5-9-26(16)20(30)15(10-13-6-3-2-4-7-13)25-18(28)14(22)11-17(23)27/h2-4,6-7,12,14-16H,5,8-11,22H2,1H3,(H2,23,27)(H,24,29)(H,25,28)(H,31,32). The third kappa shape index (κ3) is 6.77. The summed E-state index contributed by atoms with van der Waals surface area (Å²) in [5.41, 5.74) is 11.6. The molecule has 11 nitrogen and oxygen atoms in total. The minimum Gasteiger partial charge on any atom is -0.480 e. The summed E-state index contributed by atoms with van der Waals surface area (Å²) < 4.78 is 0. The lowest BCUT2D eigenvalue weighted by atomic mass is 10.0. The quantitative estimate of drug-likeness (QED) is 0.289. The number of carboxylic acid groups (broad SMARTS) is 1. The van der Waals surface area contributed by atoms with E-state index in [0.29, 0.717) is 12.8 Å². The van der Waals surface area contributed by atoms with Gasteiger partial charge in [0.25, 0.3) is 0 Å². The minimum absolute atomic E-state index is 0.144. The number of carbonyl (C=O) groups is 5. The molecule has 1 saturated heterocycles. The molecule has 0 aromatic heterocycles. The van der Waals surface area contributed by atoms with E-state index in [4.69, 9.17) is 16.6 Å². The van der Waals surface area contributed by atoms with Gasteiger partial charge in [-0.15, -0.1) is 0 Å². The van der Waals surface area contributed by atoms with E-state index in [1.165, 1.54) is 11.8 Å². The molecule has 1 aliphatic heterocycles. The van der Waals surface area contributed by atoms with Crippen molar-refractivity contribution < 1.29 is 29.1 Å². The van der Waals surface area contributed by atoms with Crippen LogP contribution in [0.25, 0.3) is 0 Å². The maximum Gasteiger partial charge on any atom is 0.325 e. The molecule has 1 fully saturated rings. The number of nitrogens with one attached hydrogen (secondary N) is 2. The first kappa shape index (κ1) is 24.8. The Labute approximate surface area is 185 Å². The number of carboxylic acids is 1. The molecular formula is C21H29N5O6. The second-order valence-electron chi connectivity index (χ2n) is 7.79. The third-order valence-corrected chi connectivity index (χ3v) is 5.22. The molecule has 0 aliphatic carbocycles. The van der Waals surface area contributed by atoms with Crippen LogP contribution < -0.4 is 22.1 Å². The molecule has 1 aromatic rings. The summed E-state index contributed by atoms with van der Waals surface area (Å²) in [7, 11) is 0. The lowest BCUT2D eigenvalue weighted by molar-refractivity contribution is -0.144. The Kier molecular flexibility index (Phi) is 8.71. The number of hydrogen-bond acceptors (Lipinski definition) is 6. The van der Waals surface area contributed by atoms with Gasteiger partial charge in [0.2, 0.25) is 23.6 Å². The molecular weight excluding hydrogens is 418 g/mol. The van der Waals surface area contributed by atoms with Crippen LogP contribution in [0.5, 0.6) is 0 Å². The number of rotatable bonds is 10. The Hall–Kier alpha value is -3.47. The van der Waals surface area contributed by atoms with E-state index < -0.39 is 53.8 Å². The summed E-state index contributed by atoms with van der Waals surface area (Å²) in [5.74, 6) is -3.71. The highest BCUT2D eigenvalue weighted by Gasteiger charge is 2.38. The number of carbonyl (C=O) groups excluding carboxylic acids is 4. The number of aliphatic carboxylic acids is 1. The average Bonchev–Trinajstić information content (AvgIpc) is 3.22. The zero-order chi connectivity index (χ0) is 23.8. The number of primary amides is 1. The van der Waals surface area contributed by atoms with Crippen molar-refractivity contribution in [2.75, 3.05) is 6.54 Å². The molecule has 4 atom stereocenters. The molecule has 4 amide bonds. The molecule has 7 N–H and O–H groups in total. The van der Waals surface area contributed by atoms with Gasteiger partial charge in [-0.05, 0) is 25.3 Å². The summed E-state index contributed by atoms with van der Waals surface area (Å²) >= 11 is 0. The van der Waals surface area contributed by atoms with Crippen LogP contribution in [0.4, 0.5) is 0 Å². The van der Waals surface area contributed by atoms with Gasteiger partial charge >= 0.3 is 5.97 Å². The smallest absolute Gasteiger partial charge is 0.325 e. The molecule has 32 heavy (non-hydrogen) atoms. The van der Waals surface area contributed by atoms with Crippen LogP contribution >= 0.6 is 0 Å². The number of hydrogen-bond donors (Lipinski definition) is 5. The number of amides is 4. The van der Waals surface area contributed by atoms with Crippen molar-refractivity contribution in [3.8, 4) is 0 Å².